The Kier molecular flexibility index (Phi) is 7.25. The van der Waals surface area contributed by atoms with E-state index in [-0.39, 0.29) is 0 Å². The molecule has 168 valence electrons. The zero-order valence-electron chi connectivity index (χ0n) is 17.1. The standard InChI is InChI=1S/C22H21Cl2F2N5S/c23-17-5-4-15(19(24)10-17)13-31-14-18(11-27-31)28-22(32)30-8-6-29(7-9-30)12-16-2-1-3-20(25)21(16)26/h1-5,10-11,14H,6-9,12-13H2,(H,28,32). The van der Waals surface area contributed by atoms with Gasteiger partial charge in [0.15, 0.2) is 16.7 Å². The molecule has 0 spiro atoms. The fourth-order valence-corrected chi connectivity index (χ4v) is 4.33. The Morgan fingerprint density at radius 2 is 1.81 bits per heavy atom. The predicted octanol–water partition coefficient (Wildman–Crippen LogP) is 5.03. The number of nitrogens with zero attached hydrogens (tertiary/aromatic N) is 4. The average molecular weight is 496 g/mol. The maximum absolute atomic E-state index is 13.9. The summed E-state index contributed by atoms with van der Waals surface area (Å²) in [4.78, 5) is 4.14. The van der Waals surface area contributed by atoms with Crippen LogP contribution < -0.4 is 5.32 Å². The Balaban J connectivity index is 1.28. The third-order valence-corrected chi connectivity index (χ3v) is 6.26. The molecule has 10 heteroatoms. The van der Waals surface area contributed by atoms with Crippen molar-refractivity contribution in [3.8, 4) is 0 Å². The van der Waals surface area contributed by atoms with Crippen LogP contribution in [-0.2, 0) is 13.1 Å². The van der Waals surface area contributed by atoms with Crippen LogP contribution in [0.3, 0.4) is 0 Å². The molecule has 0 amide bonds. The van der Waals surface area contributed by atoms with Crippen LogP contribution in [-0.4, -0.2) is 50.9 Å². The van der Waals surface area contributed by atoms with Crippen molar-refractivity contribution in [2.45, 2.75) is 13.1 Å². The van der Waals surface area contributed by atoms with Crippen LogP contribution in [0.25, 0.3) is 0 Å². The van der Waals surface area contributed by atoms with E-state index in [9.17, 15) is 8.78 Å². The Hall–Kier alpha value is -2.26. The van der Waals surface area contributed by atoms with Gasteiger partial charge in [0.25, 0.3) is 0 Å². The molecule has 0 unspecified atom stereocenters. The molecule has 1 fully saturated rings. The summed E-state index contributed by atoms with van der Waals surface area (Å²) < 4.78 is 29.1. The lowest BCUT2D eigenvalue weighted by molar-refractivity contribution is 0.175. The first-order chi connectivity index (χ1) is 15.4. The molecule has 0 bridgehead atoms. The van der Waals surface area contributed by atoms with Crippen molar-refractivity contribution in [2.75, 3.05) is 31.5 Å². The van der Waals surface area contributed by atoms with Gasteiger partial charge in [0.05, 0.1) is 18.4 Å². The van der Waals surface area contributed by atoms with E-state index in [1.54, 1.807) is 29.1 Å². The van der Waals surface area contributed by atoms with E-state index in [2.05, 4.69) is 20.2 Å². The maximum Gasteiger partial charge on any atom is 0.173 e. The summed E-state index contributed by atoms with van der Waals surface area (Å²) in [5, 5.41) is 9.36. The molecular formula is C22H21Cl2F2N5S. The van der Waals surface area contributed by atoms with Gasteiger partial charge in [-0.15, -0.1) is 0 Å². The summed E-state index contributed by atoms with van der Waals surface area (Å²) in [7, 11) is 0. The highest BCUT2D eigenvalue weighted by atomic mass is 35.5. The number of anilines is 1. The van der Waals surface area contributed by atoms with Crippen molar-refractivity contribution >= 4 is 46.2 Å². The molecule has 1 N–H and O–H groups in total. The number of halogens is 4. The monoisotopic (exact) mass is 495 g/mol. The van der Waals surface area contributed by atoms with Crippen molar-refractivity contribution in [2.24, 2.45) is 0 Å². The molecule has 4 rings (SSSR count). The Morgan fingerprint density at radius 3 is 2.56 bits per heavy atom. The van der Waals surface area contributed by atoms with Crippen molar-refractivity contribution in [1.29, 1.82) is 0 Å². The van der Waals surface area contributed by atoms with Crippen LogP contribution in [0.2, 0.25) is 10.0 Å². The zero-order chi connectivity index (χ0) is 22.7. The first-order valence-corrected chi connectivity index (χ1v) is 11.2. The van der Waals surface area contributed by atoms with Gasteiger partial charge in [-0.25, -0.2) is 8.78 Å². The van der Waals surface area contributed by atoms with Gasteiger partial charge in [0, 0.05) is 54.5 Å². The number of nitrogens with one attached hydrogen (secondary N) is 1. The molecule has 1 aliphatic rings. The van der Waals surface area contributed by atoms with Gasteiger partial charge < -0.3 is 10.2 Å². The van der Waals surface area contributed by atoms with E-state index in [1.165, 1.54) is 6.07 Å². The zero-order valence-corrected chi connectivity index (χ0v) is 19.4. The molecular weight excluding hydrogens is 475 g/mol. The number of hydrogen-bond acceptors (Lipinski definition) is 3. The normalized spacial score (nSPS) is 14.6. The minimum absolute atomic E-state index is 0.368. The van der Waals surface area contributed by atoms with Gasteiger partial charge in [-0.3, -0.25) is 9.58 Å². The molecule has 32 heavy (non-hydrogen) atoms. The summed E-state index contributed by atoms with van der Waals surface area (Å²) in [6.45, 7) is 3.67. The van der Waals surface area contributed by atoms with Gasteiger partial charge in [-0.1, -0.05) is 41.4 Å². The van der Waals surface area contributed by atoms with Gasteiger partial charge in [-0.05, 0) is 36.0 Å². The van der Waals surface area contributed by atoms with E-state index in [0.29, 0.717) is 60.0 Å². The highest BCUT2D eigenvalue weighted by Crippen LogP contribution is 2.22. The van der Waals surface area contributed by atoms with Crippen molar-refractivity contribution in [3.63, 3.8) is 0 Å². The lowest BCUT2D eigenvalue weighted by Gasteiger charge is -2.36. The smallest absolute Gasteiger partial charge is 0.173 e. The second kappa shape index (κ2) is 10.1. The van der Waals surface area contributed by atoms with Gasteiger partial charge in [0.1, 0.15) is 0 Å². The fourth-order valence-electron chi connectivity index (χ4n) is 3.56. The third-order valence-electron chi connectivity index (χ3n) is 5.32. The minimum atomic E-state index is -0.814. The van der Waals surface area contributed by atoms with Crippen molar-refractivity contribution in [1.82, 2.24) is 19.6 Å². The van der Waals surface area contributed by atoms with Crippen LogP contribution >= 0.6 is 35.4 Å². The predicted molar refractivity (Wildman–Crippen MR) is 127 cm³/mol. The molecule has 3 aromatic rings. The van der Waals surface area contributed by atoms with E-state index in [4.69, 9.17) is 35.4 Å². The topological polar surface area (TPSA) is 36.3 Å². The quantitative estimate of drug-likeness (QED) is 0.502. The summed E-state index contributed by atoms with van der Waals surface area (Å²) in [6, 6.07) is 9.66. The molecule has 1 aliphatic heterocycles. The van der Waals surface area contributed by atoms with Gasteiger partial charge in [0.2, 0.25) is 0 Å². The highest BCUT2D eigenvalue weighted by molar-refractivity contribution is 7.80. The first-order valence-electron chi connectivity index (χ1n) is 10.1. The van der Waals surface area contributed by atoms with E-state index >= 15 is 0 Å². The van der Waals surface area contributed by atoms with Gasteiger partial charge in [-0.2, -0.15) is 5.10 Å². The summed E-state index contributed by atoms with van der Waals surface area (Å²) in [5.41, 5.74) is 2.07. The largest absolute Gasteiger partial charge is 0.346 e. The number of benzene rings is 2. The lowest BCUT2D eigenvalue weighted by atomic mass is 10.2. The number of piperazine rings is 1. The van der Waals surface area contributed by atoms with Crippen LogP contribution in [0.15, 0.2) is 48.8 Å². The second-order valence-corrected chi connectivity index (χ2v) is 8.80. The lowest BCUT2D eigenvalue weighted by Crippen LogP contribution is -2.49. The number of aromatic nitrogens is 2. The van der Waals surface area contributed by atoms with Crippen molar-refractivity contribution in [3.05, 3.63) is 81.6 Å². The van der Waals surface area contributed by atoms with Crippen molar-refractivity contribution < 1.29 is 8.78 Å². The Labute approximate surface area is 200 Å². The molecule has 0 atom stereocenters. The minimum Gasteiger partial charge on any atom is -0.346 e. The summed E-state index contributed by atoms with van der Waals surface area (Å²) in [6.07, 6.45) is 3.57. The fraction of sp³-hybridized carbons (Fsp3) is 0.273. The van der Waals surface area contributed by atoms with Crippen LogP contribution in [0, 0.1) is 11.6 Å². The second-order valence-electron chi connectivity index (χ2n) is 7.57. The molecule has 2 aromatic carbocycles. The van der Waals surface area contributed by atoms with E-state index < -0.39 is 11.6 Å². The molecule has 2 heterocycles. The number of rotatable bonds is 5. The molecule has 5 nitrogen and oxygen atoms in total. The molecule has 0 aliphatic carbocycles. The average Bonchev–Trinajstić information content (AvgIpc) is 3.21. The van der Waals surface area contributed by atoms with Crippen LogP contribution in [0.5, 0.6) is 0 Å². The summed E-state index contributed by atoms with van der Waals surface area (Å²) in [5.74, 6) is -1.59. The third kappa shape index (κ3) is 5.56. The first kappa shape index (κ1) is 22.9. The molecule has 1 saturated heterocycles. The highest BCUT2D eigenvalue weighted by Gasteiger charge is 2.21. The van der Waals surface area contributed by atoms with E-state index in [0.717, 1.165) is 17.3 Å². The maximum atomic E-state index is 13.9. The Morgan fingerprint density at radius 1 is 1.03 bits per heavy atom. The van der Waals surface area contributed by atoms with Crippen LogP contribution in [0.1, 0.15) is 11.1 Å². The van der Waals surface area contributed by atoms with E-state index in [1.807, 2.05) is 12.3 Å². The SMILES string of the molecule is Fc1cccc(CN2CCN(C(=S)Nc3cnn(Cc4ccc(Cl)cc4Cl)c3)CC2)c1F. The Bertz CT molecular complexity index is 1120. The summed E-state index contributed by atoms with van der Waals surface area (Å²) >= 11 is 17.7. The van der Waals surface area contributed by atoms with Crippen LogP contribution in [0.4, 0.5) is 14.5 Å². The number of hydrogen-bond donors (Lipinski definition) is 1. The molecule has 0 saturated carbocycles. The molecule has 1 aromatic heterocycles. The molecule has 0 radical (unpaired) electrons. The number of thiocarbonyl (C=S) groups is 1. The van der Waals surface area contributed by atoms with Gasteiger partial charge >= 0.3 is 0 Å².